The molecule has 28 heavy (non-hydrogen) atoms. The van der Waals surface area contributed by atoms with E-state index in [4.69, 9.17) is 5.73 Å². The largest absolute Gasteiger partial charge is 0.369 e. The summed E-state index contributed by atoms with van der Waals surface area (Å²) in [5.74, 6) is 2.19. The molecule has 2 amide bonds. The monoisotopic (exact) mass is 388 g/mol. The van der Waals surface area contributed by atoms with Crippen molar-refractivity contribution in [1.29, 1.82) is 0 Å². The maximum atomic E-state index is 13.5. The molecule has 3 aliphatic heterocycles. The molecule has 8 heteroatoms. The van der Waals surface area contributed by atoms with Crippen molar-refractivity contribution in [1.82, 2.24) is 25.0 Å². The van der Waals surface area contributed by atoms with E-state index in [1.807, 2.05) is 0 Å². The van der Waals surface area contributed by atoms with Gasteiger partial charge in [0.05, 0.1) is 18.5 Å². The van der Waals surface area contributed by atoms with Crippen LogP contribution >= 0.6 is 0 Å². The topological polar surface area (TPSA) is 106 Å². The highest BCUT2D eigenvalue weighted by Gasteiger charge is 2.59. The number of primary amides is 1. The highest BCUT2D eigenvalue weighted by atomic mass is 16.2. The van der Waals surface area contributed by atoms with E-state index >= 15 is 0 Å². The first kappa shape index (κ1) is 19.4. The third-order valence-corrected chi connectivity index (χ3v) is 6.93. The number of nitrogens with zero attached hydrogens (tertiary/aromatic N) is 4. The zero-order chi connectivity index (χ0) is 19.9. The van der Waals surface area contributed by atoms with Gasteiger partial charge in [-0.1, -0.05) is 13.8 Å². The minimum Gasteiger partial charge on any atom is -0.369 e. The van der Waals surface area contributed by atoms with Crippen LogP contribution < -0.4 is 11.1 Å². The maximum Gasteiger partial charge on any atom is 0.231 e. The fraction of sp³-hybridized carbons (Fsp3) is 0.800. The lowest BCUT2D eigenvalue weighted by Crippen LogP contribution is -2.50. The number of aromatic nitrogens is 3. The van der Waals surface area contributed by atoms with Crippen molar-refractivity contribution in [2.75, 3.05) is 6.54 Å². The number of hydrogen-bond acceptors (Lipinski definition) is 5. The van der Waals surface area contributed by atoms with Crippen molar-refractivity contribution < 1.29 is 9.59 Å². The molecule has 2 fully saturated rings. The Morgan fingerprint density at radius 3 is 2.89 bits per heavy atom. The fourth-order valence-electron chi connectivity index (χ4n) is 5.57. The smallest absolute Gasteiger partial charge is 0.231 e. The number of nitrogens with one attached hydrogen (secondary N) is 1. The van der Waals surface area contributed by atoms with Crippen LogP contribution in [0.1, 0.15) is 64.0 Å². The van der Waals surface area contributed by atoms with Gasteiger partial charge in [0.2, 0.25) is 11.8 Å². The first-order valence-corrected chi connectivity index (χ1v) is 10.6. The normalized spacial score (nSPS) is 28.8. The van der Waals surface area contributed by atoms with Gasteiger partial charge >= 0.3 is 0 Å². The molecule has 3 N–H and O–H groups in total. The first-order valence-electron chi connectivity index (χ1n) is 10.6. The van der Waals surface area contributed by atoms with E-state index in [-0.39, 0.29) is 30.4 Å². The SMILES string of the molecule is CC(C)CC[C@]1(C(=O)NCc2nnc3n2CCC3)C[C@H]2CC[C@@H]1N2CC(N)=O. The number of aryl methyl sites for hydroxylation is 1. The number of amides is 2. The second-order valence-corrected chi connectivity index (χ2v) is 9.15. The summed E-state index contributed by atoms with van der Waals surface area (Å²) in [6, 6.07) is 0.389. The minimum atomic E-state index is -0.434. The third kappa shape index (κ3) is 3.32. The zero-order valence-electron chi connectivity index (χ0n) is 17.0. The molecule has 8 nitrogen and oxygen atoms in total. The summed E-state index contributed by atoms with van der Waals surface area (Å²) in [6.45, 7) is 5.99. The van der Waals surface area contributed by atoms with Gasteiger partial charge in [-0.3, -0.25) is 14.5 Å². The number of nitrogens with two attached hydrogens (primary N) is 1. The molecule has 2 saturated heterocycles. The van der Waals surface area contributed by atoms with Crippen LogP contribution in [-0.4, -0.2) is 50.1 Å². The maximum absolute atomic E-state index is 13.5. The van der Waals surface area contributed by atoms with Gasteiger partial charge in [-0.25, -0.2) is 0 Å². The second-order valence-electron chi connectivity index (χ2n) is 9.15. The summed E-state index contributed by atoms with van der Waals surface area (Å²) in [5.41, 5.74) is 5.05. The van der Waals surface area contributed by atoms with Gasteiger partial charge in [0.1, 0.15) is 5.82 Å². The Labute approximate surface area is 166 Å². The molecule has 1 aromatic rings. The Balaban J connectivity index is 1.51. The van der Waals surface area contributed by atoms with E-state index in [1.165, 1.54) is 0 Å². The van der Waals surface area contributed by atoms with Gasteiger partial charge in [0.15, 0.2) is 5.82 Å². The lowest BCUT2D eigenvalue weighted by atomic mass is 9.69. The molecule has 4 heterocycles. The van der Waals surface area contributed by atoms with Crippen molar-refractivity contribution in [3.8, 4) is 0 Å². The Morgan fingerprint density at radius 1 is 1.32 bits per heavy atom. The van der Waals surface area contributed by atoms with Crippen molar-refractivity contribution in [3.63, 3.8) is 0 Å². The van der Waals surface area contributed by atoms with E-state index in [0.717, 1.165) is 63.1 Å². The number of fused-ring (bicyclic) bond motifs is 3. The summed E-state index contributed by atoms with van der Waals surface area (Å²) in [4.78, 5) is 27.2. The lowest BCUT2D eigenvalue weighted by Gasteiger charge is -2.37. The molecule has 154 valence electrons. The molecule has 1 aromatic heterocycles. The van der Waals surface area contributed by atoms with Crippen LogP contribution in [0.2, 0.25) is 0 Å². The van der Waals surface area contributed by atoms with Gasteiger partial charge in [0, 0.05) is 25.0 Å². The van der Waals surface area contributed by atoms with Gasteiger partial charge in [-0.2, -0.15) is 0 Å². The van der Waals surface area contributed by atoms with Crippen LogP contribution in [0, 0.1) is 11.3 Å². The summed E-state index contributed by atoms with van der Waals surface area (Å²) in [6.07, 6.45) is 6.74. The van der Waals surface area contributed by atoms with Crippen molar-refractivity contribution in [2.24, 2.45) is 17.1 Å². The third-order valence-electron chi connectivity index (χ3n) is 6.93. The quantitative estimate of drug-likeness (QED) is 0.691. The lowest BCUT2D eigenvalue weighted by molar-refractivity contribution is -0.134. The minimum absolute atomic E-state index is 0.102. The summed E-state index contributed by atoms with van der Waals surface area (Å²) < 4.78 is 2.13. The number of hydrogen-bond donors (Lipinski definition) is 2. The van der Waals surface area contributed by atoms with Gasteiger partial charge in [0.25, 0.3) is 0 Å². The van der Waals surface area contributed by atoms with Gasteiger partial charge in [-0.05, 0) is 44.4 Å². The number of carbonyl (C=O) groups excluding carboxylic acids is 2. The van der Waals surface area contributed by atoms with E-state index in [1.54, 1.807) is 0 Å². The van der Waals surface area contributed by atoms with E-state index in [2.05, 4.69) is 38.8 Å². The summed E-state index contributed by atoms with van der Waals surface area (Å²) >= 11 is 0. The molecular weight excluding hydrogens is 356 g/mol. The van der Waals surface area contributed by atoms with E-state index in [0.29, 0.717) is 12.5 Å². The molecule has 3 aliphatic rings. The molecule has 3 atom stereocenters. The van der Waals surface area contributed by atoms with Crippen LogP contribution in [0.15, 0.2) is 0 Å². The average molecular weight is 389 g/mol. The summed E-state index contributed by atoms with van der Waals surface area (Å²) in [7, 11) is 0. The fourth-order valence-corrected chi connectivity index (χ4v) is 5.57. The summed E-state index contributed by atoms with van der Waals surface area (Å²) in [5, 5.41) is 11.7. The Hall–Kier alpha value is -1.96. The Kier molecular flexibility index (Phi) is 5.16. The first-order chi connectivity index (χ1) is 13.4. The van der Waals surface area contributed by atoms with Crippen molar-refractivity contribution in [2.45, 2.75) is 84.0 Å². The molecule has 4 rings (SSSR count). The number of carbonyl (C=O) groups is 2. The molecule has 2 bridgehead atoms. The van der Waals surface area contributed by atoms with Crippen molar-refractivity contribution in [3.05, 3.63) is 11.6 Å². The predicted octanol–water partition coefficient (Wildman–Crippen LogP) is 0.985. The van der Waals surface area contributed by atoms with E-state index in [9.17, 15) is 9.59 Å². The highest BCUT2D eigenvalue weighted by molar-refractivity contribution is 5.84. The molecule has 0 aliphatic carbocycles. The highest BCUT2D eigenvalue weighted by Crippen LogP contribution is 2.52. The van der Waals surface area contributed by atoms with Gasteiger partial charge in [-0.15, -0.1) is 10.2 Å². The average Bonchev–Trinajstić information content (AvgIpc) is 3.39. The van der Waals surface area contributed by atoms with Gasteiger partial charge < -0.3 is 15.6 Å². The molecular formula is C20H32N6O2. The Bertz CT molecular complexity index is 760. The van der Waals surface area contributed by atoms with Crippen LogP contribution in [0.5, 0.6) is 0 Å². The van der Waals surface area contributed by atoms with Crippen LogP contribution in [0.4, 0.5) is 0 Å². The van der Waals surface area contributed by atoms with Crippen LogP contribution in [0.3, 0.4) is 0 Å². The predicted molar refractivity (Wildman–Crippen MR) is 104 cm³/mol. The van der Waals surface area contributed by atoms with Crippen LogP contribution in [0.25, 0.3) is 0 Å². The molecule has 0 aromatic carbocycles. The van der Waals surface area contributed by atoms with Crippen LogP contribution in [-0.2, 0) is 29.1 Å². The zero-order valence-corrected chi connectivity index (χ0v) is 17.0. The molecule has 0 saturated carbocycles. The number of rotatable bonds is 8. The molecule has 0 radical (unpaired) electrons. The molecule has 0 spiro atoms. The van der Waals surface area contributed by atoms with Crippen molar-refractivity contribution >= 4 is 11.8 Å². The Morgan fingerprint density at radius 2 is 2.14 bits per heavy atom. The molecule has 0 unspecified atom stereocenters. The standard InChI is InChI=1S/C20H32N6O2/c1-13(2)7-8-20(10-14-5-6-15(20)26(14)12-16(21)27)19(28)22-11-18-24-23-17-4-3-9-25(17)18/h13-15H,3-12H2,1-2H3,(H2,21,27)(H,22,28)/t14-,15+,20+/m1/s1. The second kappa shape index (κ2) is 7.46. The van der Waals surface area contributed by atoms with E-state index < -0.39 is 5.41 Å².